The largest absolute Gasteiger partial charge is 1.00 e. The molecule has 0 spiro atoms. The normalized spacial score (nSPS) is 12.7. The Morgan fingerprint density at radius 3 is 0.574 bits per heavy atom. The molecule has 0 heterocycles. The van der Waals surface area contributed by atoms with Crippen LogP contribution in [-0.4, -0.2) is 128 Å². The van der Waals surface area contributed by atoms with Crippen molar-refractivity contribution in [2.75, 3.05) is 79.3 Å². The average Bonchev–Trinajstić information content (AvgIpc) is 3.00. The molecule has 0 aliphatic carbocycles. The summed E-state index contributed by atoms with van der Waals surface area (Å²) in [5.41, 5.74) is 0. The number of ether oxygens (including phenoxy) is 6. The predicted molar refractivity (Wildman–Crippen MR) is 218 cm³/mol. The van der Waals surface area contributed by atoms with E-state index < -0.39 is 0 Å². The van der Waals surface area contributed by atoms with Crippen LogP contribution in [0.4, 0.5) is 0 Å². The average molecular weight is 749 g/mol. The van der Waals surface area contributed by atoms with Gasteiger partial charge in [-0.05, 0) is 53.4 Å². The first-order chi connectivity index (χ1) is 23.7. The molecule has 0 amide bonds. The van der Waals surface area contributed by atoms with Crippen molar-refractivity contribution in [3.8, 4) is 0 Å². The van der Waals surface area contributed by atoms with Crippen LogP contribution < -0.4 is 75.4 Å². The van der Waals surface area contributed by atoms with Gasteiger partial charge in [-0.2, -0.15) is 0 Å². The molecule has 0 aliphatic heterocycles. The van der Waals surface area contributed by atoms with Crippen molar-refractivity contribution < 1.29 is 104 Å². The van der Waals surface area contributed by atoms with Gasteiger partial charge < -0.3 is 49.7 Å². The van der Waals surface area contributed by atoms with Crippen LogP contribution in [0, 0.1) is 0 Å². The van der Waals surface area contributed by atoms with E-state index in [2.05, 4.69) is 104 Å². The Labute approximate surface area is 386 Å². The first kappa shape index (κ1) is 73.5. The Morgan fingerprint density at radius 2 is 0.463 bits per heavy atom. The number of nitrogens with zero attached hydrogens (tertiary/aromatic N) is 4. The Morgan fingerprint density at radius 1 is 0.296 bits per heavy atom. The van der Waals surface area contributed by atoms with E-state index in [-0.39, 0.29) is 75.4 Å². The van der Waals surface area contributed by atoms with Crippen molar-refractivity contribution in [1.29, 1.82) is 0 Å². The van der Waals surface area contributed by atoms with Crippen molar-refractivity contribution >= 4 is 0 Å². The van der Waals surface area contributed by atoms with E-state index in [1.807, 2.05) is 27.7 Å². The van der Waals surface area contributed by atoms with Gasteiger partial charge in [-0.1, -0.05) is 83.1 Å². The smallest absolute Gasteiger partial charge is 0.656 e. The minimum atomic E-state index is 0. The summed E-state index contributed by atoms with van der Waals surface area (Å²) < 4.78 is 32.1. The number of hydrogen-bond donors (Lipinski definition) is 0. The zero-order chi connectivity index (χ0) is 39.0. The molecular formula is C40H88Li4N4O6. The summed E-state index contributed by atoms with van der Waals surface area (Å²) in [5, 5.41) is 18.0. The molecule has 0 aromatic heterocycles. The van der Waals surface area contributed by atoms with Crippen LogP contribution in [0.25, 0.3) is 21.3 Å². The van der Waals surface area contributed by atoms with Crippen LogP contribution in [-0.2, 0) is 28.4 Å². The quantitative estimate of drug-likeness (QED) is 0.0646. The third kappa shape index (κ3) is 78.3. The second-order valence-electron chi connectivity index (χ2n) is 13.6. The molecule has 0 bridgehead atoms. The van der Waals surface area contributed by atoms with Gasteiger partial charge in [-0.15, -0.1) is 48.3 Å². The molecule has 54 heavy (non-hydrogen) atoms. The van der Waals surface area contributed by atoms with E-state index in [4.69, 9.17) is 28.4 Å². The van der Waals surface area contributed by atoms with Crippen molar-refractivity contribution in [3.63, 3.8) is 0 Å². The number of hydrogen-bond acceptors (Lipinski definition) is 6. The maximum absolute atomic E-state index is 5.61. The SMILES string of the molecule is CC(C)[N-][C@@H](C)COCCCCOC[C@H](C)[N-]C(C)C.CC(C)[N-][C@@H](C)COCCCCOC[C@H](C)[N-]C(C)C.CCOCC.CCOCC.[Li+].[Li+].[Li+].[Li+]. The molecule has 308 valence electrons. The van der Waals surface area contributed by atoms with E-state index in [0.29, 0.717) is 48.3 Å². The molecule has 14 heteroatoms. The molecule has 0 aromatic carbocycles. The van der Waals surface area contributed by atoms with Crippen molar-refractivity contribution in [1.82, 2.24) is 0 Å². The zero-order valence-electron chi connectivity index (χ0n) is 40.2. The molecular weight excluding hydrogens is 660 g/mol. The fourth-order valence-electron chi connectivity index (χ4n) is 4.45. The molecule has 0 radical (unpaired) electrons. The summed E-state index contributed by atoms with van der Waals surface area (Å²) in [4.78, 5) is 0. The zero-order valence-corrected chi connectivity index (χ0v) is 40.2. The summed E-state index contributed by atoms with van der Waals surface area (Å²) in [6.07, 6.45) is 4.18. The Hall–Kier alpha value is 1.99. The van der Waals surface area contributed by atoms with Gasteiger partial charge in [0.1, 0.15) is 0 Å². The molecule has 0 aliphatic rings. The molecule has 0 saturated heterocycles. The third-order valence-corrected chi connectivity index (χ3v) is 6.12. The molecule has 10 nitrogen and oxygen atoms in total. The standard InChI is InChI=1S/2C16H34N2O2.2C4H10O.4Li/c2*1-13(2)17-15(5)11-19-9-7-8-10-20-12-16(6)18-14(3)4;2*1-3-5-4-2;;;;/h2*13-16H,7-12H2,1-6H3;2*3-4H2,1-2H3;;;;/q2*-2;;;4*+1/t2*15-,16-;;;;;;/m00....../s1. The van der Waals surface area contributed by atoms with Crippen LogP contribution in [0.5, 0.6) is 0 Å². The topological polar surface area (TPSA) is 112 Å². The van der Waals surface area contributed by atoms with Gasteiger partial charge in [0.05, 0.1) is 0 Å². The Bertz CT molecular complexity index is 525. The monoisotopic (exact) mass is 749 g/mol. The predicted octanol–water partition coefficient (Wildman–Crippen LogP) is -1.62. The van der Waals surface area contributed by atoms with Crippen LogP contribution in [0.1, 0.15) is 136 Å². The van der Waals surface area contributed by atoms with E-state index >= 15 is 0 Å². The van der Waals surface area contributed by atoms with Gasteiger partial charge in [0.2, 0.25) is 0 Å². The third-order valence-electron chi connectivity index (χ3n) is 6.12. The Kier molecular flexibility index (Phi) is 80.7. The summed E-state index contributed by atoms with van der Waals surface area (Å²) in [5.74, 6) is 0. The fraction of sp³-hybridized carbons (Fsp3) is 1.00. The summed E-state index contributed by atoms with van der Waals surface area (Å²) in [7, 11) is 0. The molecule has 0 rings (SSSR count). The maximum atomic E-state index is 5.61. The minimum Gasteiger partial charge on any atom is -0.656 e. The van der Waals surface area contributed by atoms with Gasteiger partial charge in [-0.3, -0.25) is 0 Å². The van der Waals surface area contributed by atoms with Crippen LogP contribution in [0.15, 0.2) is 0 Å². The maximum Gasteiger partial charge on any atom is 1.00 e. The molecule has 0 aromatic rings. The number of unbranched alkanes of at least 4 members (excludes halogenated alkanes) is 2. The van der Waals surface area contributed by atoms with Gasteiger partial charge in [0.25, 0.3) is 0 Å². The van der Waals surface area contributed by atoms with Crippen LogP contribution >= 0.6 is 0 Å². The molecule has 0 N–H and O–H groups in total. The second kappa shape index (κ2) is 59.3. The van der Waals surface area contributed by atoms with E-state index in [0.717, 1.165) is 105 Å². The molecule has 4 atom stereocenters. The van der Waals surface area contributed by atoms with Crippen molar-refractivity contribution in [2.24, 2.45) is 0 Å². The first-order valence-corrected chi connectivity index (χ1v) is 19.9. The van der Waals surface area contributed by atoms with Crippen LogP contribution in [0.2, 0.25) is 0 Å². The van der Waals surface area contributed by atoms with Gasteiger partial charge in [-0.25, -0.2) is 0 Å². The number of rotatable bonds is 30. The van der Waals surface area contributed by atoms with E-state index in [1.54, 1.807) is 0 Å². The van der Waals surface area contributed by atoms with Crippen LogP contribution in [0.3, 0.4) is 0 Å². The molecule has 0 saturated carbocycles. The second-order valence-corrected chi connectivity index (χ2v) is 13.6. The molecule has 0 unspecified atom stereocenters. The van der Waals surface area contributed by atoms with E-state index in [1.165, 1.54) is 0 Å². The van der Waals surface area contributed by atoms with Crippen molar-refractivity contribution in [3.05, 3.63) is 21.3 Å². The Balaban J connectivity index is -0.0000000982. The summed E-state index contributed by atoms with van der Waals surface area (Å²) in [6, 6.07) is 2.74. The van der Waals surface area contributed by atoms with E-state index in [9.17, 15) is 0 Å². The van der Waals surface area contributed by atoms with Crippen molar-refractivity contribution in [2.45, 2.75) is 185 Å². The van der Waals surface area contributed by atoms with Gasteiger partial charge >= 0.3 is 75.4 Å². The van der Waals surface area contributed by atoms with Gasteiger partial charge in [0.15, 0.2) is 0 Å². The summed E-state index contributed by atoms with van der Waals surface area (Å²) >= 11 is 0. The van der Waals surface area contributed by atoms with Gasteiger partial charge in [0, 0.05) is 79.3 Å². The summed E-state index contributed by atoms with van der Waals surface area (Å²) in [6.45, 7) is 42.6. The molecule has 0 fully saturated rings. The fourth-order valence-corrected chi connectivity index (χ4v) is 4.45. The minimum absolute atomic E-state index is 0. The first-order valence-electron chi connectivity index (χ1n) is 19.9.